The highest BCUT2D eigenvalue weighted by molar-refractivity contribution is 6.18. The first-order valence-electron chi connectivity index (χ1n) is 5.54. The molecule has 1 saturated heterocycles. The lowest BCUT2D eigenvalue weighted by Crippen LogP contribution is -2.49. The van der Waals surface area contributed by atoms with Gasteiger partial charge in [-0.3, -0.25) is 0 Å². The molecule has 0 amide bonds. The molecule has 1 fully saturated rings. The predicted molar refractivity (Wildman–Crippen MR) is 64.0 cm³/mol. The fourth-order valence-electron chi connectivity index (χ4n) is 1.85. The van der Waals surface area contributed by atoms with Crippen LogP contribution in [0.5, 0.6) is 0 Å². The van der Waals surface area contributed by atoms with E-state index in [9.17, 15) is 4.39 Å². The molecule has 1 aromatic heterocycles. The zero-order chi connectivity index (χ0) is 12.4. The van der Waals surface area contributed by atoms with E-state index in [1.807, 2.05) is 11.8 Å². The number of rotatable bonds is 2. The van der Waals surface area contributed by atoms with E-state index < -0.39 is 0 Å². The lowest BCUT2D eigenvalue weighted by atomic mass is 10.2. The first-order chi connectivity index (χ1) is 8.13. The lowest BCUT2D eigenvalue weighted by molar-refractivity contribution is 0.0358. The molecular weight excluding hydrogens is 245 g/mol. The molecule has 2 rings (SSSR count). The third kappa shape index (κ3) is 2.50. The topological polar surface area (TPSA) is 38.2 Å². The Bertz CT molecular complexity index is 404. The number of anilines is 1. The van der Waals surface area contributed by atoms with Crippen LogP contribution < -0.4 is 4.90 Å². The van der Waals surface area contributed by atoms with Gasteiger partial charge in [-0.15, -0.1) is 11.6 Å². The highest BCUT2D eigenvalue weighted by atomic mass is 35.5. The van der Waals surface area contributed by atoms with Crippen molar-refractivity contribution in [1.29, 1.82) is 0 Å². The molecule has 6 heteroatoms. The molecule has 1 aliphatic heterocycles. The summed E-state index contributed by atoms with van der Waals surface area (Å²) in [5.41, 5.74) is 0.358. The Kier molecular flexibility index (Phi) is 3.79. The number of halogens is 2. The second-order valence-corrected chi connectivity index (χ2v) is 4.52. The third-order valence-electron chi connectivity index (χ3n) is 2.90. The average Bonchev–Trinajstić information content (AvgIpc) is 2.34. The summed E-state index contributed by atoms with van der Waals surface area (Å²) in [7, 11) is 0. The zero-order valence-corrected chi connectivity index (χ0v) is 10.6. The van der Waals surface area contributed by atoms with Gasteiger partial charge in [0.25, 0.3) is 0 Å². The van der Waals surface area contributed by atoms with Crippen LogP contribution in [0.25, 0.3) is 0 Å². The summed E-state index contributed by atoms with van der Waals surface area (Å²) in [6.07, 6.45) is 1.30. The molecule has 0 aliphatic carbocycles. The average molecular weight is 260 g/mol. The Morgan fingerprint density at radius 1 is 1.59 bits per heavy atom. The second kappa shape index (κ2) is 5.14. The van der Waals surface area contributed by atoms with Crippen molar-refractivity contribution in [1.82, 2.24) is 9.97 Å². The molecular formula is C11H15ClFN3O. The highest BCUT2D eigenvalue weighted by Crippen LogP contribution is 2.23. The molecule has 2 heterocycles. The summed E-state index contributed by atoms with van der Waals surface area (Å²) < 4.78 is 19.5. The van der Waals surface area contributed by atoms with E-state index >= 15 is 0 Å². The molecule has 17 heavy (non-hydrogen) atoms. The minimum absolute atomic E-state index is 0.0810. The lowest BCUT2D eigenvalue weighted by Gasteiger charge is -2.38. The molecule has 0 spiro atoms. The molecule has 2 atom stereocenters. The number of ether oxygens (including phenoxy) is 1. The highest BCUT2D eigenvalue weighted by Gasteiger charge is 2.28. The number of nitrogens with zero attached hydrogens (tertiary/aromatic N) is 3. The summed E-state index contributed by atoms with van der Waals surface area (Å²) in [6.45, 7) is 4.68. The van der Waals surface area contributed by atoms with Crippen molar-refractivity contribution < 1.29 is 9.13 Å². The molecule has 94 valence electrons. The summed E-state index contributed by atoms with van der Waals surface area (Å²) >= 11 is 5.77. The van der Waals surface area contributed by atoms with Crippen LogP contribution in [0.15, 0.2) is 6.33 Å². The van der Waals surface area contributed by atoms with Crippen molar-refractivity contribution in [3.63, 3.8) is 0 Å². The second-order valence-electron chi connectivity index (χ2n) is 4.21. The van der Waals surface area contributed by atoms with Crippen LogP contribution in [0.4, 0.5) is 10.2 Å². The van der Waals surface area contributed by atoms with Gasteiger partial charge in [-0.2, -0.15) is 0 Å². The number of aromatic nitrogens is 2. The van der Waals surface area contributed by atoms with Crippen molar-refractivity contribution in [3.05, 3.63) is 17.8 Å². The van der Waals surface area contributed by atoms with Gasteiger partial charge in [0.2, 0.25) is 0 Å². The number of hydrogen-bond acceptors (Lipinski definition) is 4. The number of aryl methyl sites for hydroxylation is 1. The standard InChI is InChI=1S/C11H15ClFN3O/c1-7-5-17-9(3-12)4-16(7)11-10(13)8(2)14-6-15-11/h6-7,9H,3-5H2,1-2H3. The van der Waals surface area contributed by atoms with Crippen LogP contribution >= 0.6 is 11.6 Å². The van der Waals surface area contributed by atoms with Gasteiger partial charge in [-0.05, 0) is 13.8 Å². The van der Waals surface area contributed by atoms with Crippen molar-refractivity contribution in [2.24, 2.45) is 0 Å². The smallest absolute Gasteiger partial charge is 0.186 e. The van der Waals surface area contributed by atoms with Crippen molar-refractivity contribution in [2.75, 3.05) is 23.9 Å². The Morgan fingerprint density at radius 3 is 3.06 bits per heavy atom. The van der Waals surface area contributed by atoms with Gasteiger partial charge < -0.3 is 9.64 Å². The van der Waals surface area contributed by atoms with Crippen LogP contribution in [-0.2, 0) is 4.74 Å². The molecule has 2 unspecified atom stereocenters. The van der Waals surface area contributed by atoms with Crippen molar-refractivity contribution in [2.45, 2.75) is 26.0 Å². The quantitative estimate of drug-likeness (QED) is 0.759. The van der Waals surface area contributed by atoms with Gasteiger partial charge >= 0.3 is 0 Å². The third-order valence-corrected chi connectivity index (χ3v) is 3.24. The van der Waals surface area contributed by atoms with E-state index in [0.29, 0.717) is 30.5 Å². The van der Waals surface area contributed by atoms with Gasteiger partial charge in [-0.25, -0.2) is 14.4 Å². The van der Waals surface area contributed by atoms with Crippen LogP contribution in [0.2, 0.25) is 0 Å². The van der Waals surface area contributed by atoms with E-state index in [1.54, 1.807) is 6.92 Å². The molecule has 4 nitrogen and oxygen atoms in total. The number of hydrogen-bond donors (Lipinski definition) is 0. The monoisotopic (exact) mass is 259 g/mol. The summed E-state index contributed by atoms with van der Waals surface area (Å²) in [5, 5.41) is 0. The summed E-state index contributed by atoms with van der Waals surface area (Å²) in [5.74, 6) is 0.368. The Balaban J connectivity index is 2.27. The van der Waals surface area contributed by atoms with Crippen LogP contribution in [0.3, 0.4) is 0 Å². The largest absolute Gasteiger partial charge is 0.373 e. The van der Waals surface area contributed by atoms with Crippen molar-refractivity contribution in [3.8, 4) is 0 Å². The maximum atomic E-state index is 14.0. The van der Waals surface area contributed by atoms with Gasteiger partial charge in [-0.1, -0.05) is 0 Å². The minimum Gasteiger partial charge on any atom is -0.373 e. The fraction of sp³-hybridized carbons (Fsp3) is 0.636. The van der Waals surface area contributed by atoms with E-state index in [0.717, 1.165) is 0 Å². The normalized spacial score (nSPS) is 25.1. The molecule has 1 aliphatic rings. The van der Waals surface area contributed by atoms with Crippen molar-refractivity contribution >= 4 is 17.4 Å². The molecule has 0 aromatic carbocycles. The van der Waals surface area contributed by atoms with Gasteiger partial charge in [0, 0.05) is 6.54 Å². The fourth-order valence-corrected chi connectivity index (χ4v) is 2.04. The number of morpholine rings is 1. The van der Waals surface area contributed by atoms with E-state index in [1.165, 1.54) is 6.33 Å². The minimum atomic E-state index is -0.366. The predicted octanol–water partition coefficient (Wildman–Crippen LogP) is 1.76. The first-order valence-corrected chi connectivity index (χ1v) is 6.08. The van der Waals surface area contributed by atoms with E-state index in [4.69, 9.17) is 16.3 Å². The Hall–Kier alpha value is -0.940. The zero-order valence-electron chi connectivity index (χ0n) is 9.86. The van der Waals surface area contributed by atoms with Crippen LogP contribution in [0, 0.1) is 12.7 Å². The summed E-state index contributed by atoms with van der Waals surface area (Å²) in [6, 6.07) is 0.0817. The van der Waals surface area contributed by atoms with Crippen LogP contribution in [-0.4, -0.2) is 41.1 Å². The molecule has 0 saturated carbocycles. The molecule has 0 N–H and O–H groups in total. The maximum absolute atomic E-state index is 14.0. The Morgan fingerprint density at radius 2 is 2.35 bits per heavy atom. The van der Waals surface area contributed by atoms with Gasteiger partial charge in [0.1, 0.15) is 6.33 Å². The van der Waals surface area contributed by atoms with E-state index in [2.05, 4.69) is 9.97 Å². The SMILES string of the molecule is Cc1ncnc(N2CC(CCl)OCC2C)c1F. The Labute approximate surface area is 105 Å². The van der Waals surface area contributed by atoms with Crippen LogP contribution in [0.1, 0.15) is 12.6 Å². The molecule has 0 radical (unpaired) electrons. The summed E-state index contributed by atoms with van der Waals surface area (Å²) in [4.78, 5) is 9.74. The number of alkyl halides is 1. The maximum Gasteiger partial charge on any atom is 0.186 e. The molecule has 0 bridgehead atoms. The first kappa shape index (κ1) is 12.5. The van der Waals surface area contributed by atoms with E-state index in [-0.39, 0.29) is 18.0 Å². The van der Waals surface area contributed by atoms with Gasteiger partial charge in [0.05, 0.1) is 30.3 Å². The molecule has 1 aromatic rings. The van der Waals surface area contributed by atoms with Gasteiger partial charge in [0.15, 0.2) is 11.6 Å².